The number of hydrogen-bond acceptors (Lipinski definition) is 3. The Morgan fingerprint density at radius 1 is 1.07 bits per heavy atom. The second-order valence-electron chi connectivity index (χ2n) is 3.53. The molecule has 0 unspecified atom stereocenters. The molecule has 0 saturated heterocycles. The molecule has 2 rings (SSSR count). The highest BCUT2D eigenvalue weighted by atomic mass is 16.5. The van der Waals surface area contributed by atoms with Gasteiger partial charge in [0.15, 0.2) is 11.5 Å². The minimum atomic E-state index is 0.777. The van der Waals surface area contributed by atoms with E-state index in [4.69, 9.17) is 9.47 Å². The maximum absolute atomic E-state index is 5.27. The molecule has 1 aromatic carbocycles. The molecule has 0 atom stereocenters. The van der Waals surface area contributed by atoms with Crippen molar-refractivity contribution in [3.63, 3.8) is 0 Å². The Labute approximate surface area is 89.7 Å². The molecule has 0 saturated carbocycles. The van der Waals surface area contributed by atoms with Crippen LogP contribution < -0.4 is 9.47 Å². The molecule has 0 aliphatic heterocycles. The van der Waals surface area contributed by atoms with Gasteiger partial charge in [-0.2, -0.15) is 0 Å². The topological polar surface area (TPSA) is 30.8 Å². The number of methoxy groups -OCH3 is 2. The van der Waals surface area contributed by atoms with Crippen LogP contribution in [0.1, 0.15) is 17.5 Å². The molecule has 0 radical (unpaired) electrons. The van der Waals surface area contributed by atoms with E-state index in [0.29, 0.717) is 0 Å². The number of rotatable bonds is 2. The predicted octanol–water partition coefficient (Wildman–Crippen LogP) is 2.07. The summed E-state index contributed by atoms with van der Waals surface area (Å²) in [5.41, 5.74) is 3.66. The zero-order valence-corrected chi connectivity index (χ0v) is 9.33. The van der Waals surface area contributed by atoms with E-state index in [1.807, 2.05) is 19.2 Å². The first-order chi connectivity index (χ1) is 7.30. The minimum absolute atomic E-state index is 0.777. The standard InChI is InChI=1S/C12H15NO2/c1-13-10-5-4-8-6-11(14-2)12(15-3)7-9(8)10/h6-7H,4-5H2,1-3H3. The fraction of sp³-hybridized carbons (Fsp3) is 0.417. The first-order valence-corrected chi connectivity index (χ1v) is 5.01. The Morgan fingerprint density at radius 3 is 2.33 bits per heavy atom. The van der Waals surface area contributed by atoms with Crippen molar-refractivity contribution in [1.29, 1.82) is 0 Å². The normalized spacial score (nSPS) is 16.6. The molecule has 1 aliphatic rings. The lowest BCUT2D eigenvalue weighted by Gasteiger charge is -2.10. The average Bonchev–Trinajstić information content (AvgIpc) is 2.68. The lowest BCUT2D eigenvalue weighted by molar-refractivity contribution is 0.354. The van der Waals surface area contributed by atoms with Crippen LogP contribution in [-0.2, 0) is 6.42 Å². The Morgan fingerprint density at radius 2 is 1.73 bits per heavy atom. The third kappa shape index (κ3) is 1.58. The number of ether oxygens (including phenoxy) is 2. The molecule has 0 amide bonds. The van der Waals surface area contributed by atoms with Crippen molar-refractivity contribution in [1.82, 2.24) is 0 Å². The van der Waals surface area contributed by atoms with Crippen molar-refractivity contribution in [2.75, 3.05) is 21.3 Å². The van der Waals surface area contributed by atoms with Crippen LogP contribution in [0.15, 0.2) is 17.1 Å². The Kier molecular flexibility index (Phi) is 2.62. The minimum Gasteiger partial charge on any atom is -0.493 e. The van der Waals surface area contributed by atoms with Crippen LogP contribution in [0.3, 0.4) is 0 Å². The van der Waals surface area contributed by atoms with Gasteiger partial charge in [-0.25, -0.2) is 0 Å². The Balaban J connectivity index is 2.54. The van der Waals surface area contributed by atoms with Gasteiger partial charge in [0.25, 0.3) is 0 Å². The summed E-state index contributed by atoms with van der Waals surface area (Å²) in [4.78, 5) is 4.28. The molecule has 3 heteroatoms. The lowest BCUT2D eigenvalue weighted by atomic mass is 10.1. The molecule has 0 fully saturated rings. The summed E-state index contributed by atoms with van der Waals surface area (Å²) in [7, 11) is 5.15. The first-order valence-electron chi connectivity index (χ1n) is 5.01. The highest BCUT2D eigenvalue weighted by molar-refractivity contribution is 6.05. The smallest absolute Gasteiger partial charge is 0.161 e. The first kappa shape index (κ1) is 10.0. The number of hydrogen-bond donors (Lipinski definition) is 0. The van der Waals surface area contributed by atoms with Gasteiger partial charge in [0, 0.05) is 18.3 Å². The van der Waals surface area contributed by atoms with Crippen LogP contribution in [0.4, 0.5) is 0 Å². The van der Waals surface area contributed by atoms with E-state index < -0.39 is 0 Å². The van der Waals surface area contributed by atoms with Crippen molar-refractivity contribution >= 4 is 5.71 Å². The van der Waals surface area contributed by atoms with Crippen LogP contribution in [0.2, 0.25) is 0 Å². The van der Waals surface area contributed by atoms with E-state index in [2.05, 4.69) is 4.99 Å². The Bertz CT molecular complexity index is 410. The van der Waals surface area contributed by atoms with E-state index in [-0.39, 0.29) is 0 Å². The molecule has 1 aliphatic carbocycles. The summed E-state index contributed by atoms with van der Waals surface area (Å²) >= 11 is 0. The molecule has 0 spiro atoms. The molecule has 15 heavy (non-hydrogen) atoms. The zero-order valence-electron chi connectivity index (χ0n) is 9.33. The third-order valence-electron chi connectivity index (χ3n) is 2.82. The van der Waals surface area contributed by atoms with E-state index in [1.54, 1.807) is 14.2 Å². The van der Waals surface area contributed by atoms with Gasteiger partial charge in [-0.15, -0.1) is 0 Å². The van der Waals surface area contributed by atoms with E-state index >= 15 is 0 Å². The van der Waals surface area contributed by atoms with Crippen LogP contribution in [0.5, 0.6) is 11.5 Å². The third-order valence-corrected chi connectivity index (χ3v) is 2.82. The summed E-state index contributed by atoms with van der Waals surface area (Å²) < 4.78 is 10.5. The highest BCUT2D eigenvalue weighted by Gasteiger charge is 2.20. The van der Waals surface area contributed by atoms with Gasteiger partial charge >= 0.3 is 0 Å². The van der Waals surface area contributed by atoms with Crippen LogP contribution >= 0.6 is 0 Å². The molecule has 1 aromatic rings. The van der Waals surface area contributed by atoms with E-state index in [1.165, 1.54) is 11.1 Å². The molecular formula is C12H15NO2. The summed E-state index contributed by atoms with van der Waals surface area (Å²) in [6.45, 7) is 0. The molecule has 0 N–H and O–H groups in total. The zero-order chi connectivity index (χ0) is 10.8. The predicted molar refractivity (Wildman–Crippen MR) is 60.3 cm³/mol. The van der Waals surface area contributed by atoms with Gasteiger partial charge in [0.2, 0.25) is 0 Å². The van der Waals surface area contributed by atoms with Gasteiger partial charge in [-0.3, -0.25) is 4.99 Å². The largest absolute Gasteiger partial charge is 0.493 e. The van der Waals surface area contributed by atoms with Gasteiger partial charge in [0.05, 0.1) is 14.2 Å². The van der Waals surface area contributed by atoms with Gasteiger partial charge in [-0.05, 0) is 30.5 Å². The lowest BCUT2D eigenvalue weighted by Crippen LogP contribution is -1.97. The van der Waals surface area contributed by atoms with Crippen LogP contribution in [-0.4, -0.2) is 27.0 Å². The number of benzene rings is 1. The highest BCUT2D eigenvalue weighted by Crippen LogP contribution is 2.34. The quantitative estimate of drug-likeness (QED) is 0.740. The monoisotopic (exact) mass is 205 g/mol. The van der Waals surface area contributed by atoms with E-state index in [9.17, 15) is 0 Å². The summed E-state index contributed by atoms with van der Waals surface area (Å²) in [6.07, 6.45) is 2.06. The van der Waals surface area contributed by atoms with Crippen LogP contribution in [0.25, 0.3) is 0 Å². The van der Waals surface area contributed by atoms with E-state index in [0.717, 1.165) is 30.1 Å². The van der Waals surface area contributed by atoms with Crippen molar-refractivity contribution in [2.24, 2.45) is 4.99 Å². The van der Waals surface area contributed by atoms with Gasteiger partial charge in [0.1, 0.15) is 0 Å². The maximum atomic E-state index is 5.27. The fourth-order valence-corrected chi connectivity index (χ4v) is 2.02. The molecule has 0 bridgehead atoms. The molecule has 0 aromatic heterocycles. The number of fused-ring (bicyclic) bond motifs is 1. The number of aliphatic imine (C=N–C) groups is 1. The van der Waals surface area contributed by atoms with Gasteiger partial charge in [-0.1, -0.05) is 0 Å². The summed E-state index contributed by atoms with van der Waals surface area (Å²) in [5, 5.41) is 0. The summed E-state index contributed by atoms with van der Waals surface area (Å²) in [5.74, 6) is 1.58. The van der Waals surface area contributed by atoms with Crippen molar-refractivity contribution < 1.29 is 9.47 Å². The SMILES string of the molecule is CN=C1CCc2cc(OC)c(OC)cc21. The maximum Gasteiger partial charge on any atom is 0.161 e. The van der Waals surface area contributed by atoms with Crippen LogP contribution in [0, 0.1) is 0 Å². The number of aryl methyl sites for hydroxylation is 1. The average molecular weight is 205 g/mol. The van der Waals surface area contributed by atoms with Gasteiger partial charge < -0.3 is 9.47 Å². The molecule has 3 nitrogen and oxygen atoms in total. The number of nitrogens with zero attached hydrogens (tertiary/aromatic N) is 1. The molecule has 80 valence electrons. The van der Waals surface area contributed by atoms with Crippen molar-refractivity contribution in [3.05, 3.63) is 23.3 Å². The van der Waals surface area contributed by atoms with Crippen molar-refractivity contribution in [3.8, 4) is 11.5 Å². The second-order valence-corrected chi connectivity index (χ2v) is 3.53. The molecular weight excluding hydrogens is 190 g/mol. The molecule has 0 heterocycles. The second kappa shape index (κ2) is 3.93. The van der Waals surface area contributed by atoms with Crippen molar-refractivity contribution in [2.45, 2.75) is 12.8 Å². The fourth-order valence-electron chi connectivity index (χ4n) is 2.02. The Hall–Kier alpha value is -1.51. The summed E-state index contributed by atoms with van der Waals surface area (Å²) in [6, 6.07) is 4.07.